The van der Waals surface area contributed by atoms with Gasteiger partial charge in [-0.3, -0.25) is 9.89 Å². The quantitative estimate of drug-likeness (QED) is 0.469. The summed E-state index contributed by atoms with van der Waals surface area (Å²) in [5, 5.41) is 22.4. The summed E-state index contributed by atoms with van der Waals surface area (Å²) in [5.41, 5.74) is 1.51. The lowest BCUT2D eigenvalue weighted by Gasteiger charge is -1.99. The summed E-state index contributed by atoms with van der Waals surface area (Å²) in [6, 6.07) is 19.0. The van der Waals surface area contributed by atoms with Gasteiger partial charge in [0.1, 0.15) is 5.69 Å². The highest BCUT2D eigenvalue weighted by Crippen LogP contribution is 2.31. The van der Waals surface area contributed by atoms with Gasteiger partial charge in [-0.15, -0.1) is 16.5 Å². The molecule has 138 valence electrons. The maximum absolute atomic E-state index is 13.0. The average Bonchev–Trinajstić information content (AvgIpc) is 3.35. The molecule has 0 aliphatic rings. The van der Waals surface area contributed by atoms with Gasteiger partial charge < -0.3 is 5.11 Å². The van der Waals surface area contributed by atoms with Gasteiger partial charge in [-0.05, 0) is 41.8 Å². The fourth-order valence-corrected chi connectivity index (χ4v) is 3.40. The summed E-state index contributed by atoms with van der Waals surface area (Å²) in [7, 11) is 0. The number of carboxylic acid groups (broad SMARTS) is 1. The van der Waals surface area contributed by atoms with Crippen molar-refractivity contribution < 1.29 is 9.90 Å². The number of aromatic amines is 1. The van der Waals surface area contributed by atoms with Crippen LogP contribution >= 0.6 is 11.3 Å². The molecule has 2 N–H and O–H groups in total. The van der Waals surface area contributed by atoms with Gasteiger partial charge in [0, 0.05) is 0 Å². The molecule has 0 radical (unpaired) electrons. The molecule has 2 heterocycles. The Morgan fingerprint density at radius 3 is 2.54 bits per heavy atom. The van der Waals surface area contributed by atoms with Crippen molar-refractivity contribution in [1.82, 2.24) is 9.78 Å². The summed E-state index contributed by atoms with van der Waals surface area (Å²) in [4.78, 5) is 24.9. The smallest absolute Gasteiger partial charge is 0.335 e. The molecule has 0 unspecified atom stereocenters. The lowest BCUT2D eigenvalue weighted by molar-refractivity contribution is 0.0697. The minimum absolute atomic E-state index is 0.102. The first-order valence-electron chi connectivity index (χ1n) is 8.33. The van der Waals surface area contributed by atoms with Crippen LogP contribution in [-0.4, -0.2) is 20.9 Å². The van der Waals surface area contributed by atoms with Crippen molar-refractivity contribution >= 4 is 28.7 Å². The minimum atomic E-state index is -1.05. The Morgan fingerprint density at radius 1 is 1.00 bits per heavy atom. The molecule has 2 aromatic carbocycles. The second-order valence-corrected chi connectivity index (χ2v) is 6.79. The molecule has 0 amide bonds. The molecule has 0 saturated carbocycles. The van der Waals surface area contributed by atoms with Crippen molar-refractivity contribution in [2.45, 2.75) is 0 Å². The molecule has 0 atom stereocenters. The highest BCUT2D eigenvalue weighted by Gasteiger charge is 2.17. The molecule has 0 aliphatic heterocycles. The summed E-state index contributed by atoms with van der Waals surface area (Å²) in [6.45, 7) is 0. The third-order valence-corrected chi connectivity index (χ3v) is 4.89. The highest BCUT2D eigenvalue weighted by atomic mass is 32.1. The van der Waals surface area contributed by atoms with E-state index < -0.39 is 5.97 Å². The third kappa shape index (κ3) is 3.40. The zero-order valence-electron chi connectivity index (χ0n) is 14.4. The minimum Gasteiger partial charge on any atom is -0.478 e. The van der Waals surface area contributed by atoms with Gasteiger partial charge in [0.05, 0.1) is 21.8 Å². The SMILES string of the molecule is O=C(O)c1cccc(N=Nc2c(-c3cccs3)[nH]n(-c3ccccc3)c2=O)c1. The number of para-hydroxylation sites is 1. The normalized spacial score (nSPS) is 11.1. The number of hydrogen-bond acceptors (Lipinski definition) is 5. The number of aromatic carboxylic acids is 1. The Balaban J connectivity index is 1.82. The molecule has 4 rings (SSSR count). The lowest BCUT2D eigenvalue weighted by atomic mass is 10.2. The van der Waals surface area contributed by atoms with Gasteiger partial charge in [-0.2, -0.15) is 5.11 Å². The second-order valence-electron chi connectivity index (χ2n) is 5.84. The van der Waals surface area contributed by atoms with E-state index in [1.54, 1.807) is 12.1 Å². The molecule has 28 heavy (non-hydrogen) atoms. The van der Waals surface area contributed by atoms with Crippen LogP contribution in [0, 0.1) is 0 Å². The first kappa shape index (κ1) is 17.6. The van der Waals surface area contributed by atoms with E-state index in [2.05, 4.69) is 15.3 Å². The molecule has 2 aromatic heterocycles. The second kappa shape index (κ2) is 7.45. The molecule has 0 saturated heterocycles. The van der Waals surface area contributed by atoms with E-state index in [0.717, 1.165) is 4.88 Å². The van der Waals surface area contributed by atoms with Crippen LogP contribution in [0.5, 0.6) is 0 Å². The monoisotopic (exact) mass is 390 g/mol. The van der Waals surface area contributed by atoms with Crippen molar-refractivity contribution in [2.24, 2.45) is 10.2 Å². The van der Waals surface area contributed by atoms with Crippen LogP contribution in [0.15, 0.2) is 87.1 Å². The van der Waals surface area contributed by atoms with E-state index in [-0.39, 0.29) is 16.8 Å². The van der Waals surface area contributed by atoms with Gasteiger partial charge in [0.15, 0.2) is 5.69 Å². The Kier molecular flexibility index (Phi) is 4.69. The van der Waals surface area contributed by atoms with Crippen LogP contribution in [0.4, 0.5) is 11.4 Å². The van der Waals surface area contributed by atoms with Crippen LogP contribution in [0.1, 0.15) is 10.4 Å². The summed E-state index contributed by atoms with van der Waals surface area (Å²) >= 11 is 1.47. The predicted molar refractivity (Wildman–Crippen MR) is 107 cm³/mol. The van der Waals surface area contributed by atoms with E-state index in [4.69, 9.17) is 5.11 Å². The fraction of sp³-hybridized carbons (Fsp3) is 0. The molecule has 0 fully saturated rings. The first-order valence-corrected chi connectivity index (χ1v) is 9.21. The molecular formula is C20H14N4O3S. The number of rotatable bonds is 5. The number of hydrogen-bond donors (Lipinski definition) is 2. The average molecular weight is 390 g/mol. The summed E-state index contributed by atoms with van der Waals surface area (Å²) in [5.74, 6) is -1.05. The predicted octanol–water partition coefficient (Wildman–Crippen LogP) is 5.01. The van der Waals surface area contributed by atoms with Crippen LogP contribution < -0.4 is 5.56 Å². The number of carbonyl (C=O) groups is 1. The number of aromatic nitrogens is 2. The fourth-order valence-electron chi connectivity index (χ4n) is 2.68. The van der Waals surface area contributed by atoms with Crippen molar-refractivity contribution in [3.05, 3.63) is 88.0 Å². The van der Waals surface area contributed by atoms with Gasteiger partial charge in [0.25, 0.3) is 5.56 Å². The first-order chi connectivity index (χ1) is 13.6. The third-order valence-electron chi connectivity index (χ3n) is 4.01. The zero-order valence-corrected chi connectivity index (χ0v) is 15.3. The number of nitrogens with zero attached hydrogens (tertiary/aromatic N) is 3. The van der Waals surface area contributed by atoms with Crippen molar-refractivity contribution in [3.63, 3.8) is 0 Å². The lowest BCUT2D eigenvalue weighted by Crippen LogP contribution is -2.13. The van der Waals surface area contributed by atoms with Gasteiger partial charge >= 0.3 is 5.97 Å². The van der Waals surface area contributed by atoms with E-state index >= 15 is 0 Å². The number of thiophene rings is 1. The molecule has 0 spiro atoms. The maximum Gasteiger partial charge on any atom is 0.335 e. The number of azo groups is 1. The molecular weight excluding hydrogens is 376 g/mol. The Morgan fingerprint density at radius 2 is 1.82 bits per heavy atom. The van der Waals surface area contributed by atoms with Crippen LogP contribution in [-0.2, 0) is 0 Å². The van der Waals surface area contributed by atoms with Crippen LogP contribution in [0.25, 0.3) is 16.3 Å². The Bertz CT molecular complexity index is 1210. The van der Waals surface area contributed by atoms with Crippen molar-refractivity contribution in [1.29, 1.82) is 0 Å². The molecule has 7 nitrogen and oxygen atoms in total. The Hall–Kier alpha value is -3.78. The molecule has 8 heteroatoms. The van der Waals surface area contributed by atoms with E-state index in [1.165, 1.54) is 28.2 Å². The van der Waals surface area contributed by atoms with Gasteiger partial charge in [-0.1, -0.05) is 30.3 Å². The standard InChI is InChI=1S/C20H14N4O3S/c25-19-18(22-21-14-7-4-6-13(12-14)20(26)27)17(16-10-5-11-28-16)23-24(19)15-8-2-1-3-9-15/h1-12,23H,(H,26,27). The van der Waals surface area contributed by atoms with Crippen LogP contribution in [0.3, 0.4) is 0 Å². The highest BCUT2D eigenvalue weighted by molar-refractivity contribution is 7.13. The number of H-pyrrole nitrogens is 1. The topological polar surface area (TPSA) is 99.8 Å². The Labute approximate surface area is 163 Å². The van der Waals surface area contributed by atoms with E-state index in [1.807, 2.05) is 47.8 Å². The van der Waals surface area contributed by atoms with Crippen molar-refractivity contribution in [2.75, 3.05) is 0 Å². The van der Waals surface area contributed by atoms with E-state index in [9.17, 15) is 9.59 Å². The van der Waals surface area contributed by atoms with Gasteiger partial charge in [-0.25, -0.2) is 9.48 Å². The summed E-state index contributed by atoms with van der Waals surface area (Å²) in [6.07, 6.45) is 0. The number of carboxylic acids is 1. The maximum atomic E-state index is 13.0. The van der Waals surface area contributed by atoms with Crippen LogP contribution in [0.2, 0.25) is 0 Å². The summed E-state index contributed by atoms with van der Waals surface area (Å²) < 4.78 is 1.41. The van der Waals surface area contributed by atoms with Gasteiger partial charge in [0.2, 0.25) is 0 Å². The number of benzene rings is 2. The zero-order chi connectivity index (χ0) is 19.5. The van der Waals surface area contributed by atoms with E-state index in [0.29, 0.717) is 17.1 Å². The number of nitrogens with one attached hydrogen (secondary N) is 1. The molecule has 0 bridgehead atoms. The van der Waals surface area contributed by atoms with Crippen molar-refractivity contribution in [3.8, 4) is 16.3 Å². The molecule has 4 aromatic rings. The largest absolute Gasteiger partial charge is 0.478 e. The molecule has 0 aliphatic carbocycles.